The fraction of sp³-hybridized carbons (Fsp3) is 0.667. The summed E-state index contributed by atoms with van der Waals surface area (Å²) in [5.41, 5.74) is 12.4. The molecule has 0 amide bonds. The monoisotopic (exact) mass is 373 g/mol. The van der Waals surface area contributed by atoms with Crippen LogP contribution >= 0.6 is 0 Å². The fourth-order valence-electron chi connectivity index (χ4n) is 0. The Morgan fingerprint density at radius 1 is 1.00 bits per heavy atom. The molecule has 0 saturated carbocycles. The molecule has 0 aliphatic rings. The third kappa shape index (κ3) is 83.6. The van der Waals surface area contributed by atoms with E-state index in [1.54, 1.807) is 13.8 Å². The SMILES string of the molecule is CC[NH-].CC[NH-].O=C(O)C(=O)O.[Pt+2]. The molecule has 0 fully saturated rings. The van der Waals surface area contributed by atoms with E-state index >= 15 is 0 Å². The number of aliphatic carboxylic acids is 2. The van der Waals surface area contributed by atoms with Crippen LogP contribution in [-0.4, -0.2) is 35.2 Å². The molecule has 6 nitrogen and oxygen atoms in total. The van der Waals surface area contributed by atoms with Gasteiger partial charge in [0.05, 0.1) is 0 Å². The molecule has 0 saturated heterocycles. The van der Waals surface area contributed by atoms with Crippen molar-refractivity contribution in [3.8, 4) is 0 Å². The smallest absolute Gasteiger partial charge is 0.678 e. The van der Waals surface area contributed by atoms with Crippen LogP contribution in [0.4, 0.5) is 0 Å². The third-order valence-electron chi connectivity index (χ3n) is 0.183. The Bertz CT molecular complexity index is 107. The van der Waals surface area contributed by atoms with Crippen LogP contribution in [0.15, 0.2) is 0 Å². The molecule has 0 aromatic carbocycles. The topological polar surface area (TPSA) is 122 Å². The van der Waals surface area contributed by atoms with E-state index in [4.69, 9.17) is 31.3 Å². The molecule has 82 valence electrons. The van der Waals surface area contributed by atoms with Gasteiger partial charge >= 0.3 is 33.0 Å². The van der Waals surface area contributed by atoms with E-state index < -0.39 is 11.9 Å². The van der Waals surface area contributed by atoms with E-state index in [1.165, 1.54) is 0 Å². The summed E-state index contributed by atoms with van der Waals surface area (Å²) in [6.45, 7) is 4.58. The van der Waals surface area contributed by atoms with Crippen molar-refractivity contribution in [2.45, 2.75) is 13.8 Å². The predicted octanol–water partition coefficient (Wildman–Crippen LogP) is 1.27. The second-order valence-electron chi connectivity index (χ2n) is 1.32. The Kier molecular flexibility index (Phi) is 39.7. The second-order valence-corrected chi connectivity index (χ2v) is 1.32. The number of hydrogen-bond donors (Lipinski definition) is 2. The van der Waals surface area contributed by atoms with Crippen molar-refractivity contribution in [1.82, 2.24) is 0 Å². The minimum absolute atomic E-state index is 0. The van der Waals surface area contributed by atoms with E-state index in [1.807, 2.05) is 0 Å². The van der Waals surface area contributed by atoms with Crippen molar-refractivity contribution < 1.29 is 40.9 Å². The molecular weight excluding hydrogens is 359 g/mol. The summed E-state index contributed by atoms with van der Waals surface area (Å²) < 4.78 is 0. The van der Waals surface area contributed by atoms with Gasteiger partial charge in [-0.2, -0.15) is 13.1 Å². The molecule has 0 aliphatic carbocycles. The van der Waals surface area contributed by atoms with Crippen molar-refractivity contribution >= 4 is 11.9 Å². The Labute approximate surface area is 91.6 Å². The number of carboxylic acids is 2. The summed E-state index contributed by atoms with van der Waals surface area (Å²) in [6, 6.07) is 0. The zero-order chi connectivity index (χ0) is 10.6. The van der Waals surface area contributed by atoms with Crippen LogP contribution in [-0.2, 0) is 30.7 Å². The van der Waals surface area contributed by atoms with Crippen molar-refractivity contribution in [2.75, 3.05) is 13.1 Å². The molecule has 0 heterocycles. The standard InChI is InChI=1S/2C2H6N.C2H2O4.Pt/c2*1-2-3;3-1(4)2(5)6;/h2*3H,2H2,1H3;(H,3,4)(H,5,6);/q2*-1;;+2. The molecule has 0 rings (SSSR count). The van der Waals surface area contributed by atoms with Gasteiger partial charge in [0.25, 0.3) is 0 Å². The average Bonchev–Trinajstić information content (AvgIpc) is 1.90. The molecule has 7 heteroatoms. The maximum atomic E-state index is 9.10. The van der Waals surface area contributed by atoms with Crippen LogP contribution in [0.3, 0.4) is 0 Å². The zero-order valence-corrected chi connectivity index (χ0v) is 9.71. The molecule has 0 spiro atoms. The molecule has 13 heavy (non-hydrogen) atoms. The molecule has 4 N–H and O–H groups in total. The van der Waals surface area contributed by atoms with Gasteiger partial charge < -0.3 is 21.7 Å². The zero-order valence-electron chi connectivity index (χ0n) is 7.44. The molecule has 0 aromatic heterocycles. The first-order valence-electron chi connectivity index (χ1n) is 3.23. The summed E-state index contributed by atoms with van der Waals surface area (Å²) in [7, 11) is 0. The third-order valence-corrected chi connectivity index (χ3v) is 0.183. The number of hydrogen-bond acceptors (Lipinski definition) is 2. The van der Waals surface area contributed by atoms with Crippen LogP contribution in [0.25, 0.3) is 11.5 Å². The van der Waals surface area contributed by atoms with E-state index in [0.29, 0.717) is 13.1 Å². The number of carboxylic acid groups (broad SMARTS) is 2. The Hall–Kier alpha value is -0.452. The first-order valence-corrected chi connectivity index (χ1v) is 3.23. The van der Waals surface area contributed by atoms with Crippen molar-refractivity contribution in [3.05, 3.63) is 11.5 Å². The van der Waals surface area contributed by atoms with Crippen molar-refractivity contribution in [2.24, 2.45) is 0 Å². The summed E-state index contributed by atoms with van der Waals surface area (Å²) >= 11 is 0. The van der Waals surface area contributed by atoms with E-state index in [2.05, 4.69) is 0 Å². The van der Waals surface area contributed by atoms with Gasteiger partial charge in [-0.25, -0.2) is 9.59 Å². The van der Waals surface area contributed by atoms with Crippen LogP contribution in [0.1, 0.15) is 13.8 Å². The largest absolute Gasteiger partial charge is 2.00 e. The van der Waals surface area contributed by atoms with Gasteiger partial charge in [-0.05, 0) is 0 Å². The molecule has 0 unspecified atom stereocenters. The van der Waals surface area contributed by atoms with Gasteiger partial charge in [0.15, 0.2) is 0 Å². The number of carbonyl (C=O) groups is 2. The first kappa shape index (κ1) is 22.9. The molecule has 0 bridgehead atoms. The van der Waals surface area contributed by atoms with Crippen molar-refractivity contribution in [1.29, 1.82) is 0 Å². The molecule has 0 aromatic rings. The minimum atomic E-state index is -1.82. The van der Waals surface area contributed by atoms with Gasteiger partial charge in [-0.1, -0.05) is 13.8 Å². The minimum Gasteiger partial charge on any atom is -0.678 e. The Balaban J connectivity index is -0.0000000501. The van der Waals surface area contributed by atoms with Crippen molar-refractivity contribution in [3.63, 3.8) is 0 Å². The quantitative estimate of drug-likeness (QED) is 0.621. The van der Waals surface area contributed by atoms with Gasteiger partial charge in [0, 0.05) is 0 Å². The van der Waals surface area contributed by atoms with Gasteiger partial charge in [-0.3, -0.25) is 0 Å². The number of nitrogens with one attached hydrogen (secondary N) is 2. The Morgan fingerprint density at radius 2 is 1.08 bits per heavy atom. The maximum absolute atomic E-state index is 9.10. The average molecular weight is 373 g/mol. The summed E-state index contributed by atoms with van der Waals surface area (Å²) in [4.78, 5) is 18.2. The van der Waals surface area contributed by atoms with E-state index in [-0.39, 0.29) is 21.1 Å². The molecule has 0 atom stereocenters. The Morgan fingerprint density at radius 3 is 1.08 bits per heavy atom. The molecular formula is C6H14N2O4Pt. The van der Waals surface area contributed by atoms with Crippen LogP contribution < -0.4 is 0 Å². The van der Waals surface area contributed by atoms with Crippen LogP contribution in [0, 0.1) is 0 Å². The second kappa shape index (κ2) is 22.6. The van der Waals surface area contributed by atoms with Gasteiger partial charge in [0.1, 0.15) is 0 Å². The molecule has 0 radical (unpaired) electrons. The number of rotatable bonds is 0. The maximum Gasteiger partial charge on any atom is 2.00 e. The normalized spacial score (nSPS) is 6.15. The van der Waals surface area contributed by atoms with Gasteiger partial charge in [-0.15, -0.1) is 0 Å². The predicted molar refractivity (Wildman–Crippen MR) is 45.0 cm³/mol. The van der Waals surface area contributed by atoms with Crippen LogP contribution in [0.5, 0.6) is 0 Å². The summed E-state index contributed by atoms with van der Waals surface area (Å²) in [5, 5.41) is 14.8. The summed E-state index contributed by atoms with van der Waals surface area (Å²) in [6.07, 6.45) is 0. The fourth-order valence-corrected chi connectivity index (χ4v) is 0. The summed E-state index contributed by atoms with van der Waals surface area (Å²) in [5.74, 6) is -3.65. The van der Waals surface area contributed by atoms with E-state index in [9.17, 15) is 0 Å². The first-order chi connectivity index (χ1) is 5.47. The molecule has 0 aliphatic heterocycles. The van der Waals surface area contributed by atoms with Gasteiger partial charge in [0.2, 0.25) is 0 Å². The van der Waals surface area contributed by atoms with E-state index in [0.717, 1.165) is 0 Å². The van der Waals surface area contributed by atoms with Crippen LogP contribution in [0.2, 0.25) is 0 Å².